The smallest absolute Gasteiger partial charge is 0.159 e. The maximum absolute atomic E-state index is 11.7. The Hall–Kier alpha value is -2.83. The lowest BCUT2D eigenvalue weighted by molar-refractivity contribution is -0.0296. The van der Waals surface area contributed by atoms with Crippen LogP contribution in [-0.2, 0) is 0 Å². The van der Waals surface area contributed by atoms with Gasteiger partial charge in [0.2, 0.25) is 0 Å². The molecule has 0 N–H and O–H groups in total. The summed E-state index contributed by atoms with van der Waals surface area (Å²) in [6.45, 7) is 16.1. The topological polar surface area (TPSA) is 39.3 Å². The zero-order valence-electron chi connectivity index (χ0n) is 21.2. The molecule has 0 amide bonds. The maximum Gasteiger partial charge on any atom is 0.159 e. The Morgan fingerprint density at radius 1 is 1.15 bits per heavy atom. The first kappa shape index (κ1) is 22.9. The molecule has 3 aliphatic heterocycles. The van der Waals surface area contributed by atoms with Crippen LogP contribution < -0.4 is 14.5 Å². The Bertz CT molecular complexity index is 1120. The van der Waals surface area contributed by atoms with Gasteiger partial charge >= 0.3 is 0 Å². The van der Waals surface area contributed by atoms with Crippen LogP contribution in [0.3, 0.4) is 0 Å². The van der Waals surface area contributed by atoms with E-state index in [-0.39, 0.29) is 17.4 Å². The zero-order chi connectivity index (χ0) is 24.2. The minimum Gasteiger partial charge on any atom is -0.483 e. The number of ketones is 1. The fourth-order valence-corrected chi connectivity index (χ4v) is 5.64. The fourth-order valence-electron chi connectivity index (χ4n) is 5.64. The van der Waals surface area contributed by atoms with Gasteiger partial charge in [-0.1, -0.05) is 12.1 Å². The molecule has 1 unspecified atom stereocenters. The van der Waals surface area contributed by atoms with E-state index in [9.17, 15) is 4.79 Å². The lowest BCUT2D eigenvalue weighted by atomic mass is 9.82. The standard InChI is InChI=1S/C28H36N4O2/c1-7-31(19(2)3)23-12-13-24-26(16-23)34-28(5,6)25-14-15-30-17-29(18-32(30)27(24)25)22-10-8-21(9-11-22)20(4)33/h8-14,16,19,27H,7,15,17-18H2,1-6H3. The second-order valence-corrected chi connectivity index (χ2v) is 10.3. The van der Waals surface area contributed by atoms with E-state index in [1.54, 1.807) is 6.92 Å². The van der Waals surface area contributed by atoms with Crippen molar-refractivity contribution < 1.29 is 9.53 Å². The van der Waals surface area contributed by atoms with Crippen LogP contribution in [0, 0.1) is 0 Å². The molecule has 0 radical (unpaired) electrons. The minimum absolute atomic E-state index is 0.0995. The van der Waals surface area contributed by atoms with Crippen molar-refractivity contribution in [2.75, 3.05) is 36.2 Å². The van der Waals surface area contributed by atoms with Crippen LogP contribution in [0.2, 0.25) is 0 Å². The second kappa shape index (κ2) is 8.43. The summed E-state index contributed by atoms with van der Waals surface area (Å²) in [7, 11) is 0. The number of hydrogen-bond donors (Lipinski definition) is 0. The van der Waals surface area contributed by atoms with Gasteiger partial charge in [0.05, 0.1) is 19.4 Å². The number of hydrazine groups is 1. The molecule has 6 nitrogen and oxygen atoms in total. The van der Waals surface area contributed by atoms with Crippen molar-refractivity contribution in [2.24, 2.45) is 0 Å². The molecule has 180 valence electrons. The molecule has 2 aromatic rings. The molecule has 1 saturated heterocycles. The molecule has 5 rings (SSSR count). The summed E-state index contributed by atoms with van der Waals surface area (Å²) < 4.78 is 6.61. The van der Waals surface area contributed by atoms with Crippen LogP contribution in [0.15, 0.2) is 54.1 Å². The van der Waals surface area contributed by atoms with Crippen molar-refractivity contribution in [1.29, 1.82) is 0 Å². The van der Waals surface area contributed by atoms with Gasteiger partial charge in [-0.15, -0.1) is 0 Å². The van der Waals surface area contributed by atoms with Gasteiger partial charge in [0.1, 0.15) is 11.4 Å². The summed E-state index contributed by atoms with van der Waals surface area (Å²) >= 11 is 0. The number of anilines is 2. The molecule has 0 bridgehead atoms. The highest BCUT2D eigenvalue weighted by Gasteiger charge is 2.47. The summed E-state index contributed by atoms with van der Waals surface area (Å²) in [6.07, 6.45) is 2.35. The molecule has 0 spiro atoms. The van der Waals surface area contributed by atoms with Gasteiger partial charge in [-0.05, 0) is 77.4 Å². The molecule has 1 fully saturated rings. The molecule has 3 heterocycles. The molecule has 6 heteroatoms. The van der Waals surface area contributed by atoms with Gasteiger partial charge in [-0.2, -0.15) is 0 Å². The molecular weight excluding hydrogens is 424 g/mol. The van der Waals surface area contributed by atoms with Crippen molar-refractivity contribution in [1.82, 2.24) is 10.0 Å². The molecule has 2 aromatic carbocycles. The van der Waals surface area contributed by atoms with E-state index < -0.39 is 0 Å². The van der Waals surface area contributed by atoms with E-state index in [0.717, 1.165) is 43.4 Å². The SMILES string of the molecule is CCN(c1ccc2c(c1)OC(C)(C)C1=CCN3CN(c4ccc(C(C)=O)cc4)CN3C12)C(C)C. The molecule has 1 atom stereocenters. The first-order chi connectivity index (χ1) is 16.2. The largest absolute Gasteiger partial charge is 0.483 e. The molecule has 3 aliphatic rings. The fraction of sp³-hybridized carbons (Fsp3) is 0.464. The van der Waals surface area contributed by atoms with E-state index in [4.69, 9.17) is 4.74 Å². The van der Waals surface area contributed by atoms with E-state index in [2.05, 4.69) is 90.8 Å². The van der Waals surface area contributed by atoms with Crippen LogP contribution in [0.1, 0.15) is 63.5 Å². The Morgan fingerprint density at radius 3 is 2.53 bits per heavy atom. The van der Waals surface area contributed by atoms with E-state index in [1.165, 1.54) is 16.8 Å². The number of nitrogens with zero attached hydrogens (tertiary/aromatic N) is 4. The van der Waals surface area contributed by atoms with Crippen LogP contribution >= 0.6 is 0 Å². The summed E-state index contributed by atoms with van der Waals surface area (Å²) in [5.41, 5.74) is 5.29. The Balaban J connectivity index is 1.48. The van der Waals surface area contributed by atoms with Gasteiger partial charge < -0.3 is 14.5 Å². The molecule has 0 aliphatic carbocycles. The second-order valence-electron chi connectivity index (χ2n) is 10.3. The lowest BCUT2D eigenvalue weighted by Crippen LogP contribution is -2.51. The first-order valence-corrected chi connectivity index (χ1v) is 12.4. The third-order valence-electron chi connectivity index (χ3n) is 7.41. The zero-order valence-corrected chi connectivity index (χ0v) is 21.2. The number of ether oxygens (including phenoxy) is 1. The van der Waals surface area contributed by atoms with Crippen LogP contribution in [0.25, 0.3) is 0 Å². The highest BCUT2D eigenvalue weighted by atomic mass is 16.5. The van der Waals surface area contributed by atoms with E-state index in [1.807, 2.05) is 12.1 Å². The summed E-state index contributed by atoms with van der Waals surface area (Å²) in [6, 6.07) is 15.3. The number of carbonyl (C=O) groups excluding carboxylic acids is 1. The summed E-state index contributed by atoms with van der Waals surface area (Å²) in [5.74, 6) is 1.08. The van der Waals surface area contributed by atoms with Crippen LogP contribution in [0.5, 0.6) is 5.75 Å². The Morgan fingerprint density at radius 2 is 1.88 bits per heavy atom. The Labute approximate surface area is 203 Å². The van der Waals surface area contributed by atoms with Gasteiger partial charge in [0, 0.05) is 47.7 Å². The quantitative estimate of drug-likeness (QED) is 0.449. The van der Waals surface area contributed by atoms with Gasteiger partial charge in [0.25, 0.3) is 0 Å². The third kappa shape index (κ3) is 3.79. The minimum atomic E-state index is -0.367. The van der Waals surface area contributed by atoms with Crippen molar-refractivity contribution >= 4 is 17.2 Å². The number of benzene rings is 2. The maximum atomic E-state index is 11.7. The number of rotatable bonds is 5. The van der Waals surface area contributed by atoms with Crippen molar-refractivity contribution in [2.45, 2.75) is 59.2 Å². The number of carbonyl (C=O) groups is 1. The van der Waals surface area contributed by atoms with E-state index >= 15 is 0 Å². The highest BCUT2D eigenvalue weighted by molar-refractivity contribution is 5.94. The monoisotopic (exact) mass is 460 g/mol. The number of hydrogen-bond acceptors (Lipinski definition) is 6. The van der Waals surface area contributed by atoms with Crippen LogP contribution in [0.4, 0.5) is 11.4 Å². The predicted molar refractivity (Wildman–Crippen MR) is 137 cm³/mol. The molecular formula is C28H36N4O2. The molecule has 0 aromatic heterocycles. The van der Waals surface area contributed by atoms with Crippen molar-refractivity contribution in [3.05, 3.63) is 65.2 Å². The highest BCUT2D eigenvalue weighted by Crippen LogP contribution is 2.50. The third-order valence-corrected chi connectivity index (χ3v) is 7.41. The summed E-state index contributed by atoms with van der Waals surface area (Å²) in [4.78, 5) is 16.5. The molecule has 34 heavy (non-hydrogen) atoms. The molecule has 0 saturated carbocycles. The number of fused-ring (bicyclic) bond motifs is 5. The average Bonchev–Trinajstić information content (AvgIpc) is 3.23. The lowest BCUT2D eigenvalue weighted by Gasteiger charge is -2.48. The first-order valence-electron chi connectivity index (χ1n) is 12.4. The van der Waals surface area contributed by atoms with E-state index in [0.29, 0.717) is 6.04 Å². The Kier molecular flexibility index (Phi) is 5.69. The normalized spacial score (nSPS) is 21.4. The van der Waals surface area contributed by atoms with Crippen molar-refractivity contribution in [3.8, 4) is 5.75 Å². The van der Waals surface area contributed by atoms with Gasteiger partial charge in [0.15, 0.2) is 5.78 Å². The summed E-state index contributed by atoms with van der Waals surface area (Å²) in [5, 5.41) is 4.90. The average molecular weight is 461 g/mol. The van der Waals surface area contributed by atoms with Crippen LogP contribution in [-0.4, -0.2) is 53.9 Å². The number of Topliss-reactive ketones (excluding diaryl/α,β-unsaturated/α-hetero) is 1. The van der Waals surface area contributed by atoms with Gasteiger partial charge in [-0.3, -0.25) is 4.79 Å². The van der Waals surface area contributed by atoms with Crippen molar-refractivity contribution in [3.63, 3.8) is 0 Å². The predicted octanol–water partition coefficient (Wildman–Crippen LogP) is 5.23. The van der Waals surface area contributed by atoms with Gasteiger partial charge in [-0.25, -0.2) is 10.0 Å².